The number of aromatic nitrogens is 1. The Morgan fingerprint density at radius 3 is 2.95 bits per heavy atom. The lowest BCUT2D eigenvalue weighted by Gasteiger charge is -2.19. The number of carboxylic acids is 1. The predicted molar refractivity (Wildman–Crippen MR) is 78.6 cm³/mol. The summed E-state index contributed by atoms with van der Waals surface area (Å²) >= 11 is 1.60. The van der Waals surface area contributed by atoms with Gasteiger partial charge in [0.05, 0.1) is 12.2 Å². The van der Waals surface area contributed by atoms with E-state index in [0.717, 1.165) is 35.7 Å². The van der Waals surface area contributed by atoms with E-state index < -0.39 is 5.97 Å². The first kappa shape index (κ1) is 13.3. The molecule has 20 heavy (non-hydrogen) atoms. The summed E-state index contributed by atoms with van der Waals surface area (Å²) in [6.45, 7) is 1.48. The molecule has 1 fully saturated rings. The van der Waals surface area contributed by atoms with E-state index in [4.69, 9.17) is 0 Å². The molecule has 1 aliphatic rings. The second-order valence-electron chi connectivity index (χ2n) is 4.96. The normalized spacial score (nSPS) is 19.3. The van der Waals surface area contributed by atoms with Gasteiger partial charge in [0.2, 0.25) is 0 Å². The minimum atomic E-state index is -0.720. The molecule has 3 rings (SSSR count). The first-order valence-electron chi connectivity index (χ1n) is 6.71. The summed E-state index contributed by atoms with van der Waals surface area (Å²) in [7, 11) is 0. The summed E-state index contributed by atoms with van der Waals surface area (Å²) in [6, 6.07) is 9.70. The Kier molecular flexibility index (Phi) is 3.80. The van der Waals surface area contributed by atoms with Gasteiger partial charge in [-0.15, -0.1) is 11.3 Å². The monoisotopic (exact) mass is 288 g/mol. The van der Waals surface area contributed by atoms with Crippen molar-refractivity contribution in [3.8, 4) is 11.3 Å². The van der Waals surface area contributed by atoms with Crippen molar-refractivity contribution in [2.45, 2.75) is 25.4 Å². The number of carbonyl (C=O) groups is 1. The molecule has 0 aliphatic carbocycles. The van der Waals surface area contributed by atoms with E-state index in [9.17, 15) is 9.90 Å². The van der Waals surface area contributed by atoms with Crippen molar-refractivity contribution in [1.29, 1.82) is 0 Å². The average Bonchev–Trinajstić information content (AvgIpc) is 3.09. The highest BCUT2D eigenvalue weighted by atomic mass is 32.1. The Balaban J connectivity index is 1.73. The quantitative estimate of drug-likeness (QED) is 0.940. The maximum atomic E-state index is 11.2. The van der Waals surface area contributed by atoms with E-state index >= 15 is 0 Å². The van der Waals surface area contributed by atoms with Gasteiger partial charge in [0.25, 0.3) is 0 Å². The maximum Gasteiger partial charge on any atom is 0.320 e. The molecule has 2 aromatic rings. The largest absolute Gasteiger partial charge is 0.480 e. The molecular weight excluding hydrogens is 272 g/mol. The number of likely N-dealkylation sites (tertiary alicyclic amines) is 1. The molecule has 1 aromatic heterocycles. The maximum absolute atomic E-state index is 11.2. The molecule has 5 heteroatoms. The smallest absolute Gasteiger partial charge is 0.320 e. The number of aliphatic carboxylic acids is 1. The zero-order chi connectivity index (χ0) is 13.9. The third-order valence-corrected chi connectivity index (χ3v) is 4.44. The highest BCUT2D eigenvalue weighted by molar-refractivity contribution is 7.09. The van der Waals surface area contributed by atoms with Crippen molar-refractivity contribution in [2.75, 3.05) is 6.54 Å². The molecular formula is C15H16N2O2S. The number of hydrogen-bond donors (Lipinski definition) is 1. The Morgan fingerprint density at radius 2 is 2.20 bits per heavy atom. The number of rotatable bonds is 4. The summed E-state index contributed by atoms with van der Waals surface area (Å²) in [6.07, 6.45) is 1.69. The third-order valence-electron chi connectivity index (χ3n) is 3.61. The summed E-state index contributed by atoms with van der Waals surface area (Å²) in [5.41, 5.74) is 2.07. The van der Waals surface area contributed by atoms with Crippen LogP contribution < -0.4 is 0 Å². The SMILES string of the molecule is O=C(O)[C@@H]1CCCN1Cc1nc(-c2ccccc2)cs1. The van der Waals surface area contributed by atoms with Crippen molar-refractivity contribution >= 4 is 17.3 Å². The zero-order valence-electron chi connectivity index (χ0n) is 11.0. The van der Waals surface area contributed by atoms with Crippen LogP contribution in [0.4, 0.5) is 0 Å². The van der Waals surface area contributed by atoms with E-state index in [-0.39, 0.29) is 6.04 Å². The fraction of sp³-hybridized carbons (Fsp3) is 0.333. The van der Waals surface area contributed by atoms with Crippen LogP contribution in [-0.4, -0.2) is 33.5 Å². The number of benzene rings is 1. The van der Waals surface area contributed by atoms with E-state index in [1.807, 2.05) is 40.6 Å². The van der Waals surface area contributed by atoms with Gasteiger partial charge in [-0.3, -0.25) is 9.69 Å². The van der Waals surface area contributed by atoms with Crippen molar-refractivity contribution in [1.82, 2.24) is 9.88 Å². The standard InChI is InChI=1S/C15H16N2O2S/c18-15(19)13-7-4-8-17(13)9-14-16-12(10-20-14)11-5-2-1-3-6-11/h1-3,5-6,10,13H,4,7-9H2,(H,18,19)/t13-/m0/s1. The van der Waals surface area contributed by atoms with Gasteiger partial charge in [-0.2, -0.15) is 0 Å². The van der Waals surface area contributed by atoms with E-state index in [1.165, 1.54) is 0 Å². The molecule has 1 N–H and O–H groups in total. The van der Waals surface area contributed by atoms with Gasteiger partial charge in [-0.1, -0.05) is 30.3 Å². The zero-order valence-corrected chi connectivity index (χ0v) is 11.8. The summed E-state index contributed by atoms with van der Waals surface area (Å²) in [5, 5.41) is 12.2. The first-order valence-corrected chi connectivity index (χ1v) is 7.58. The van der Waals surface area contributed by atoms with Crippen LogP contribution >= 0.6 is 11.3 Å². The number of hydrogen-bond acceptors (Lipinski definition) is 4. The molecule has 1 aromatic carbocycles. The van der Waals surface area contributed by atoms with Crippen LogP contribution in [0.1, 0.15) is 17.8 Å². The van der Waals surface area contributed by atoms with Crippen LogP contribution in [0.25, 0.3) is 11.3 Å². The summed E-state index contributed by atoms with van der Waals surface area (Å²) in [4.78, 5) is 17.8. The molecule has 104 valence electrons. The van der Waals surface area contributed by atoms with Gasteiger partial charge in [-0.05, 0) is 19.4 Å². The van der Waals surface area contributed by atoms with Gasteiger partial charge in [0, 0.05) is 10.9 Å². The third kappa shape index (κ3) is 2.73. The molecule has 1 atom stereocenters. The topological polar surface area (TPSA) is 53.4 Å². The van der Waals surface area contributed by atoms with Crippen LogP contribution in [0, 0.1) is 0 Å². The second-order valence-corrected chi connectivity index (χ2v) is 5.90. The van der Waals surface area contributed by atoms with E-state index in [1.54, 1.807) is 11.3 Å². The van der Waals surface area contributed by atoms with Crippen molar-refractivity contribution in [2.24, 2.45) is 0 Å². The lowest BCUT2D eigenvalue weighted by molar-refractivity contribution is -0.142. The van der Waals surface area contributed by atoms with Crippen molar-refractivity contribution < 1.29 is 9.90 Å². The molecule has 1 saturated heterocycles. The lowest BCUT2D eigenvalue weighted by atomic mass is 10.2. The fourth-order valence-electron chi connectivity index (χ4n) is 2.59. The van der Waals surface area contributed by atoms with Crippen LogP contribution in [-0.2, 0) is 11.3 Å². The van der Waals surface area contributed by atoms with Crippen LogP contribution in [0.2, 0.25) is 0 Å². The van der Waals surface area contributed by atoms with Gasteiger partial charge < -0.3 is 5.11 Å². The molecule has 1 aliphatic heterocycles. The summed E-state index contributed by atoms with van der Waals surface area (Å²) < 4.78 is 0. The first-order chi connectivity index (χ1) is 9.74. The van der Waals surface area contributed by atoms with Crippen LogP contribution in [0.3, 0.4) is 0 Å². The Hall–Kier alpha value is -1.72. The van der Waals surface area contributed by atoms with E-state index in [2.05, 4.69) is 4.98 Å². The van der Waals surface area contributed by atoms with Gasteiger partial charge >= 0.3 is 5.97 Å². The van der Waals surface area contributed by atoms with Crippen molar-refractivity contribution in [3.05, 3.63) is 40.7 Å². The number of thiazole rings is 1. The van der Waals surface area contributed by atoms with E-state index in [0.29, 0.717) is 6.54 Å². The molecule has 0 spiro atoms. The second kappa shape index (κ2) is 5.73. The molecule has 0 radical (unpaired) electrons. The Labute approximate surface area is 121 Å². The minimum absolute atomic E-state index is 0.348. The van der Waals surface area contributed by atoms with Gasteiger partial charge in [0.1, 0.15) is 11.0 Å². The highest BCUT2D eigenvalue weighted by Gasteiger charge is 2.30. The molecule has 0 bridgehead atoms. The number of nitrogens with zero attached hydrogens (tertiary/aromatic N) is 2. The van der Waals surface area contributed by atoms with Crippen LogP contribution in [0.15, 0.2) is 35.7 Å². The van der Waals surface area contributed by atoms with Gasteiger partial charge in [-0.25, -0.2) is 4.98 Å². The predicted octanol–water partition coefficient (Wildman–Crippen LogP) is 2.86. The Morgan fingerprint density at radius 1 is 1.40 bits per heavy atom. The molecule has 4 nitrogen and oxygen atoms in total. The highest BCUT2D eigenvalue weighted by Crippen LogP contribution is 2.25. The summed E-state index contributed by atoms with van der Waals surface area (Å²) in [5.74, 6) is -0.720. The van der Waals surface area contributed by atoms with Gasteiger partial charge in [0.15, 0.2) is 0 Å². The number of carboxylic acid groups (broad SMARTS) is 1. The molecule has 0 unspecified atom stereocenters. The minimum Gasteiger partial charge on any atom is -0.480 e. The molecule has 2 heterocycles. The molecule has 0 saturated carbocycles. The lowest BCUT2D eigenvalue weighted by Crippen LogP contribution is -2.35. The van der Waals surface area contributed by atoms with Crippen molar-refractivity contribution in [3.63, 3.8) is 0 Å². The average molecular weight is 288 g/mol. The molecule has 0 amide bonds. The fourth-order valence-corrected chi connectivity index (χ4v) is 3.42. The Bertz CT molecular complexity index is 597. The van der Waals surface area contributed by atoms with Crippen LogP contribution in [0.5, 0.6) is 0 Å².